The van der Waals surface area contributed by atoms with Crippen LogP contribution < -0.4 is 5.32 Å². The molecule has 0 atom stereocenters. The fourth-order valence-corrected chi connectivity index (χ4v) is 4.61. The summed E-state index contributed by atoms with van der Waals surface area (Å²) in [6.45, 7) is 3.12. The van der Waals surface area contributed by atoms with Crippen molar-refractivity contribution in [3.63, 3.8) is 0 Å². The third-order valence-corrected chi connectivity index (χ3v) is 6.16. The van der Waals surface area contributed by atoms with Crippen molar-refractivity contribution < 1.29 is 9.18 Å². The summed E-state index contributed by atoms with van der Waals surface area (Å²) in [6.07, 6.45) is 0.711. The van der Waals surface area contributed by atoms with E-state index in [1.807, 2.05) is 40.6 Å². The van der Waals surface area contributed by atoms with Crippen molar-refractivity contribution >= 4 is 28.0 Å². The number of nitrogens with one attached hydrogen (secondary N) is 1. The SMILES string of the molecule is Cc1ccccc1NC(=O)N1CCc2c(sc3nc(-c4ccc(F)cc4)nn23)C1. The normalized spacial score (nSPS) is 13.5. The van der Waals surface area contributed by atoms with Crippen molar-refractivity contribution in [1.82, 2.24) is 19.5 Å². The zero-order valence-electron chi connectivity index (χ0n) is 15.7. The molecular formula is C21H18FN5OS. The average molecular weight is 407 g/mol. The molecule has 2 amide bonds. The molecule has 1 aliphatic heterocycles. The average Bonchev–Trinajstić information content (AvgIpc) is 3.27. The number of carbonyl (C=O) groups excluding carboxylic acids is 1. The maximum Gasteiger partial charge on any atom is 0.322 e. The summed E-state index contributed by atoms with van der Waals surface area (Å²) < 4.78 is 15.0. The van der Waals surface area contributed by atoms with Gasteiger partial charge in [-0.2, -0.15) is 4.98 Å². The third-order valence-electron chi connectivity index (χ3n) is 5.10. The highest BCUT2D eigenvalue weighted by molar-refractivity contribution is 7.17. The summed E-state index contributed by atoms with van der Waals surface area (Å²) in [5.74, 6) is 0.301. The lowest BCUT2D eigenvalue weighted by Gasteiger charge is -2.27. The van der Waals surface area contributed by atoms with E-state index in [9.17, 15) is 9.18 Å². The number of halogens is 1. The lowest BCUT2D eigenvalue weighted by molar-refractivity contribution is 0.206. The highest BCUT2D eigenvalue weighted by atomic mass is 32.1. The first-order valence-corrected chi connectivity index (χ1v) is 10.1. The first kappa shape index (κ1) is 17.8. The topological polar surface area (TPSA) is 62.5 Å². The standard InChI is InChI=1S/C21H18FN5OS/c1-13-4-2-3-5-16(13)23-20(28)26-11-10-17-18(12-26)29-21-24-19(25-27(17)21)14-6-8-15(22)9-7-14/h2-9H,10-12H2,1H3,(H,23,28). The van der Waals surface area contributed by atoms with Crippen LogP contribution >= 0.6 is 11.3 Å². The Morgan fingerprint density at radius 3 is 2.76 bits per heavy atom. The Balaban J connectivity index is 1.37. The molecule has 0 fully saturated rings. The van der Waals surface area contributed by atoms with E-state index in [1.165, 1.54) is 12.1 Å². The molecule has 0 saturated carbocycles. The summed E-state index contributed by atoms with van der Waals surface area (Å²) >= 11 is 1.54. The summed E-state index contributed by atoms with van der Waals surface area (Å²) in [4.78, 5) is 21.0. The van der Waals surface area contributed by atoms with Crippen LogP contribution in [0, 0.1) is 12.7 Å². The van der Waals surface area contributed by atoms with E-state index in [0.29, 0.717) is 25.3 Å². The van der Waals surface area contributed by atoms with Crippen molar-refractivity contribution in [3.8, 4) is 11.4 Å². The van der Waals surface area contributed by atoms with Gasteiger partial charge in [0.25, 0.3) is 0 Å². The number of anilines is 1. The Bertz CT molecular complexity index is 1210. The van der Waals surface area contributed by atoms with Gasteiger partial charge in [0.1, 0.15) is 5.82 Å². The largest absolute Gasteiger partial charge is 0.322 e. The third kappa shape index (κ3) is 3.25. The number of para-hydroxylation sites is 1. The number of aromatic nitrogens is 3. The highest BCUT2D eigenvalue weighted by Crippen LogP contribution is 2.30. The Labute approximate surface area is 170 Å². The summed E-state index contributed by atoms with van der Waals surface area (Å²) in [6, 6.07) is 13.8. The van der Waals surface area contributed by atoms with Gasteiger partial charge in [0, 0.05) is 29.1 Å². The number of hydrogen-bond acceptors (Lipinski definition) is 4. The predicted octanol–water partition coefficient (Wildman–Crippen LogP) is 4.50. The van der Waals surface area contributed by atoms with Gasteiger partial charge in [-0.3, -0.25) is 0 Å². The second-order valence-corrected chi connectivity index (χ2v) is 8.09. The second kappa shape index (κ2) is 6.97. The number of aryl methyl sites for hydroxylation is 1. The number of carbonyl (C=O) groups is 1. The minimum absolute atomic E-state index is 0.101. The zero-order valence-corrected chi connectivity index (χ0v) is 16.5. The molecule has 0 saturated heterocycles. The van der Waals surface area contributed by atoms with Gasteiger partial charge in [-0.15, -0.1) is 5.10 Å². The molecule has 0 aliphatic carbocycles. The van der Waals surface area contributed by atoms with Gasteiger partial charge in [-0.25, -0.2) is 13.7 Å². The van der Waals surface area contributed by atoms with Crippen LogP contribution in [0.25, 0.3) is 16.3 Å². The Morgan fingerprint density at radius 1 is 1.17 bits per heavy atom. The molecular weight excluding hydrogens is 389 g/mol. The van der Waals surface area contributed by atoms with Gasteiger partial charge in [0.05, 0.1) is 12.2 Å². The van der Waals surface area contributed by atoms with Crippen molar-refractivity contribution in [2.75, 3.05) is 11.9 Å². The molecule has 5 rings (SSSR count). The molecule has 0 spiro atoms. The van der Waals surface area contributed by atoms with Crippen molar-refractivity contribution in [1.29, 1.82) is 0 Å². The monoisotopic (exact) mass is 407 g/mol. The van der Waals surface area contributed by atoms with Crippen LogP contribution in [0.4, 0.5) is 14.9 Å². The smallest absolute Gasteiger partial charge is 0.319 e. The van der Waals surface area contributed by atoms with Crippen molar-refractivity contribution in [3.05, 3.63) is 70.5 Å². The number of rotatable bonds is 2. The molecule has 2 aromatic carbocycles. The molecule has 4 aromatic rings. The molecule has 0 unspecified atom stereocenters. The number of benzene rings is 2. The van der Waals surface area contributed by atoms with Gasteiger partial charge in [0.2, 0.25) is 4.96 Å². The van der Waals surface area contributed by atoms with Crippen LogP contribution in [0.3, 0.4) is 0 Å². The van der Waals surface area contributed by atoms with E-state index in [-0.39, 0.29) is 11.8 Å². The minimum Gasteiger partial charge on any atom is -0.319 e. The van der Waals surface area contributed by atoms with E-state index in [0.717, 1.165) is 32.3 Å². The maximum absolute atomic E-state index is 13.2. The van der Waals surface area contributed by atoms with Crippen LogP contribution in [0.1, 0.15) is 16.1 Å². The molecule has 8 heteroatoms. The van der Waals surface area contributed by atoms with Gasteiger partial charge < -0.3 is 10.2 Å². The first-order chi connectivity index (χ1) is 14.1. The van der Waals surface area contributed by atoms with Crippen LogP contribution in [0.5, 0.6) is 0 Å². The predicted molar refractivity (Wildman–Crippen MR) is 111 cm³/mol. The van der Waals surface area contributed by atoms with E-state index in [1.54, 1.807) is 23.5 Å². The Hall–Kier alpha value is -3.26. The second-order valence-electron chi connectivity index (χ2n) is 7.03. The molecule has 6 nitrogen and oxygen atoms in total. The van der Waals surface area contributed by atoms with Crippen LogP contribution in [0.15, 0.2) is 48.5 Å². The maximum atomic E-state index is 13.2. The first-order valence-electron chi connectivity index (χ1n) is 9.33. The van der Waals surface area contributed by atoms with Crippen LogP contribution in [-0.4, -0.2) is 32.1 Å². The summed E-state index contributed by atoms with van der Waals surface area (Å²) in [7, 11) is 0. The summed E-state index contributed by atoms with van der Waals surface area (Å²) in [5.41, 5.74) is 3.73. The number of hydrogen-bond donors (Lipinski definition) is 1. The molecule has 3 heterocycles. The minimum atomic E-state index is -0.281. The van der Waals surface area contributed by atoms with Crippen LogP contribution in [-0.2, 0) is 13.0 Å². The molecule has 1 N–H and O–H groups in total. The Morgan fingerprint density at radius 2 is 1.97 bits per heavy atom. The number of urea groups is 1. The van der Waals surface area contributed by atoms with Gasteiger partial charge in [-0.1, -0.05) is 29.5 Å². The van der Waals surface area contributed by atoms with Crippen molar-refractivity contribution in [2.24, 2.45) is 0 Å². The fourth-order valence-electron chi connectivity index (χ4n) is 3.49. The zero-order chi connectivity index (χ0) is 20.0. The fraction of sp³-hybridized carbons (Fsp3) is 0.190. The molecule has 1 aliphatic rings. The van der Waals surface area contributed by atoms with E-state index < -0.39 is 0 Å². The quantitative estimate of drug-likeness (QED) is 0.532. The van der Waals surface area contributed by atoms with Gasteiger partial charge in [0.15, 0.2) is 5.82 Å². The highest BCUT2D eigenvalue weighted by Gasteiger charge is 2.26. The molecule has 146 valence electrons. The Kier molecular flexibility index (Phi) is 4.28. The number of thiazole rings is 1. The molecule has 29 heavy (non-hydrogen) atoms. The lowest BCUT2D eigenvalue weighted by atomic mass is 10.2. The van der Waals surface area contributed by atoms with Crippen molar-refractivity contribution in [2.45, 2.75) is 19.9 Å². The van der Waals surface area contributed by atoms with E-state index in [4.69, 9.17) is 0 Å². The van der Waals surface area contributed by atoms with Gasteiger partial charge >= 0.3 is 6.03 Å². The van der Waals surface area contributed by atoms with E-state index in [2.05, 4.69) is 15.4 Å². The molecule has 0 radical (unpaired) electrons. The van der Waals surface area contributed by atoms with E-state index >= 15 is 0 Å². The molecule has 2 aromatic heterocycles. The molecule has 0 bridgehead atoms. The number of fused-ring (bicyclic) bond motifs is 3. The number of amides is 2. The lowest BCUT2D eigenvalue weighted by Crippen LogP contribution is -2.38. The summed E-state index contributed by atoms with van der Waals surface area (Å²) in [5, 5.41) is 7.61. The van der Waals surface area contributed by atoms with Crippen LogP contribution in [0.2, 0.25) is 0 Å². The van der Waals surface area contributed by atoms with Gasteiger partial charge in [-0.05, 0) is 42.8 Å². The number of nitrogens with zero attached hydrogens (tertiary/aromatic N) is 4.